The van der Waals surface area contributed by atoms with Crippen LogP contribution in [0.3, 0.4) is 0 Å². The number of benzene rings is 1. The molecule has 4 rings (SSSR count). The molecule has 12 heteroatoms. The van der Waals surface area contributed by atoms with E-state index in [1.54, 1.807) is 32.9 Å². The Morgan fingerprint density at radius 2 is 1.66 bits per heavy atom. The second-order valence-electron chi connectivity index (χ2n) is 13.4. The van der Waals surface area contributed by atoms with Crippen LogP contribution in [0.5, 0.6) is 0 Å². The summed E-state index contributed by atoms with van der Waals surface area (Å²) in [6, 6.07) is 2.25. The molecule has 1 heterocycles. The molecule has 0 saturated heterocycles. The minimum Gasteiger partial charge on any atom is -0.466 e. The minimum absolute atomic E-state index is 0.0362. The van der Waals surface area contributed by atoms with Gasteiger partial charge in [0, 0.05) is 21.7 Å². The summed E-state index contributed by atoms with van der Waals surface area (Å²) < 4.78 is 50.3. The summed E-state index contributed by atoms with van der Waals surface area (Å²) in [7, 11) is 0. The molecule has 0 unspecified atom stereocenters. The predicted molar refractivity (Wildman–Crippen MR) is 163 cm³/mol. The normalized spacial score (nSPS) is 23.3. The maximum absolute atomic E-state index is 14.7. The molecule has 1 N–H and O–H groups in total. The molecule has 1 amide bonds. The zero-order valence-electron chi connectivity index (χ0n) is 25.9. The fourth-order valence-electron chi connectivity index (χ4n) is 6.63. The van der Waals surface area contributed by atoms with E-state index in [1.807, 2.05) is 0 Å². The van der Waals surface area contributed by atoms with Gasteiger partial charge in [0.05, 0.1) is 42.5 Å². The van der Waals surface area contributed by atoms with Gasteiger partial charge in [-0.1, -0.05) is 37.0 Å². The second kappa shape index (κ2) is 13.2. The molecule has 44 heavy (non-hydrogen) atoms. The van der Waals surface area contributed by atoms with Crippen molar-refractivity contribution in [3.05, 3.63) is 50.8 Å². The maximum atomic E-state index is 14.7. The van der Waals surface area contributed by atoms with E-state index in [1.165, 1.54) is 4.90 Å². The third-order valence-corrected chi connectivity index (χ3v) is 10.0. The van der Waals surface area contributed by atoms with Gasteiger partial charge in [-0.25, -0.2) is 0 Å². The van der Waals surface area contributed by atoms with Crippen LogP contribution in [-0.2, 0) is 15.7 Å². The molecule has 244 valence electrons. The Bertz CT molecular complexity index is 1340. The van der Waals surface area contributed by atoms with E-state index in [0.717, 1.165) is 29.3 Å². The van der Waals surface area contributed by atoms with Gasteiger partial charge in [0.15, 0.2) is 5.69 Å². The monoisotopic (exact) mass is 659 g/mol. The average molecular weight is 661 g/mol. The van der Waals surface area contributed by atoms with E-state index >= 15 is 0 Å². The van der Waals surface area contributed by atoms with Crippen LogP contribution in [-0.4, -0.2) is 50.9 Å². The molecule has 0 spiro atoms. The first-order chi connectivity index (χ1) is 20.5. The van der Waals surface area contributed by atoms with E-state index < -0.39 is 46.9 Å². The van der Waals surface area contributed by atoms with Crippen molar-refractivity contribution in [1.29, 1.82) is 0 Å². The van der Waals surface area contributed by atoms with Gasteiger partial charge in [-0.2, -0.15) is 18.3 Å². The van der Waals surface area contributed by atoms with Gasteiger partial charge in [-0.3, -0.25) is 14.3 Å². The van der Waals surface area contributed by atoms with Gasteiger partial charge < -0.3 is 14.7 Å². The summed E-state index contributed by atoms with van der Waals surface area (Å²) >= 11 is 12.9. The molecular formula is C32H42Cl2F3N3O4. The van der Waals surface area contributed by atoms with Crippen molar-refractivity contribution in [2.24, 2.45) is 10.8 Å². The van der Waals surface area contributed by atoms with E-state index in [-0.39, 0.29) is 53.0 Å². The number of aliphatic hydroxyl groups excluding tert-OH is 1. The number of amides is 1. The van der Waals surface area contributed by atoms with Crippen molar-refractivity contribution in [2.45, 2.75) is 110 Å². The topological polar surface area (TPSA) is 84.7 Å². The standard InChI is InChI=1S/C32H42Cl2F3N3O4/c1-6-44-29(43)31(5)13-9-21(10-14-31)40-27(32(35,36)37)22(17-38-40)28(42)39(20-7-11-30(3,4)12-8-20)18-25(41)26-23(33)15-19(2)16-24(26)34/h15-17,20-21,25,41H,6-14,18H2,1-5H3/t21?,25-,31?/m0/s1. The van der Waals surface area contributed by atoms with E-state index in [0.29, 0.717) is 25.7 Å². The first kappa shape index (κ1) is 34.6. The van der Waals surface area contributed by atoms with Crippen molar-refractivity contribution in [3.8, 4) is 0 Å². The number of nitrogens with zero attached hydrogens (tertiary/aromatic N) is 3. The first-order valence-corrected chi connectivity index (χ1v) is 16.0. The Labute approximate surface area is 267 Å². The first-order valence-electron chi connectivity index (χ1n) is 15.2. The van der Waals surface area contributed by atoms with Crippen LogP contribution in [0.2, 0.25) is 10.0 Å². The van der Waals surface area contributed by atoms with Crippen LogP contribution < -0.4 is 0 Å². The highest BCUT2D eigenvalue weighted by Crippen LogP contribution is 2.45. The highest BCUT2D eigenvalue weighted by Gasteiger charge is 2.46. The number of alkyl halides is 3. The van der Waals surface area contributed by atoms with Crippen LogP contribution >= 0.6 is 23.2 Å². The Kier molecular flexibility index (Phi) is 10.4. The van der Waals surface area contributed by atoms with Crippen molar-refractivity contribution in [1.82, 2.24) is 14.7 Å². The average Bonchev–Trinajstić information content (AvgIpc) is 3.38. The lowest BCUT2D eigenvalue weighted by Crippen LogP contribution is -2.46. The van der Waals surface area contributed by atoms with E-state index in [4.69, 9.17) is 27.9 Å². The number of aryl methyl sites for hydroxylation is 1. The van der Waals surface area contributed by atoms with Crippen LogP contribution in [0.15, 0.2) is 18.3 Å². The van der Waals surface area contributed by atoms with Crippen LogP contribution in [0.4, 0.5) is 13.2 Å². The Hall–Kier alpha value is -2.30. The molecule has 2 aliphatic rings. The lowest BCUT2D eigenvalue weighted by molar-refractivity contribution is -0.157. The van der Waals surface area contributed by atoms with Gasteiger partial charge in [0.1, 0.15) is 0 Å². The molecule has 2 aromatic rings. The molecule has 7 nitrogen and oxygen atoms in total. The summed E-state index contributed by atoms with van der Waals surface area (Å²) in [4.78, 5) is 28.0. The molecule has 2 fully saturated rings. The zero-order chi connectivity index (χ0) is 32.6. The molecule has 0 radical (unpaired) electrons. The lowest BCUT2D eigenvalue weighted by atomic mass is 9.74. The number of esters is 1. The number of rotatable bonds is 8. The number of hydrogen-bond donors (Lipinski definition) is 1. The fourth-order valence-corrected chi connectivity index (χ4v) is 7.48. The number of carbonyl (C=O) groups excluding carboxylic acids is 2. The van der Waals surface area contributed by atoms with Crippen LogP contribution in [0.25, 0.3) is 0 Å². The van der Waals surface area contributed by atoms with Crippen molar-refractivity contribution >= 4 is 35.1 Å². The van der Waals surface area contributed by atoms with Crippen molar-refractivity contribution in [3.63, 3.8) is 0 Å². The van der Waals surface area contributed by atoms with E-state index in [9.17, 15) is 27.9 Å². The molecule has 0 bridgehead atoms. The van der Waals surface area contributed by atoms with Crippen LogP contribution in [0, 0.1) is 17.8 Å². The number of carbonyl (C=O) groups is 2. The quantitative estimate of drug-likeness (QED) is 0.288. The van der Waals surface area contributed by atoms with E-state index in [2.05, 4.69) is 18.9 Å². The van der Waals surface area contributed by atoms with Crippen LogP contribution in [0.1, 0.15) is 118 Å². The Morgan fingerprint density at radius 3 is 2.18 bits per heavy atom. The molecule has 0 aliphatic heterocycles. The summed E-state index contributed by atoms with van der Waals surface area (Å²) in [5.41, 5.74) is -1.41. The third kappa shape index (κ3) is 7.39. The molecule has 1 aromatic heterocycles. The maximum Gasteiger partial charge on any atom is 0.433 e. The highest BCUT2D eigenvalue weighted by molar-refractivity contribution is 6.36. The van der Waals surface area contributed by atoms with Crippen molar-refractivity contribution < 1.29 is 32.6 Å². The smallest absolute Gasteiger partial charge is 0.433 e. The fraction of sp³-hybridized carbons (Fsp3) is 0.656. The summed E-state index contributed by atoms with van der Waals surface area (Å²) in [5.74, 6) is -1.21. The van der Waals surface area contributed by atoms with Gasteiger partial charge >= 0.3 is 12.1 Å². The molecular weight excluding hydrogens is 618 g/mol. The number of halogens is 5. The van der Waals surface area contributed by atoms with Gasteiger partial charge in [-0.15, -0.1) is 0 Å². The molecule has 2 aliphatic carbocycles. The Morgan fingerprint density at radius 1 is 1.09 bits per heavy atom. The number of hydrogen-bond acceptors (Lipinski definition) is 5. The SMILES string of the molecule is CCOC(=O)C1(C)CCC(n2ncc(C(=O)N(C[C@H](O)c3c(Cl)cc(C)cc3Cl)C3CCC(C)(C)CC3)c2C(F)(F)F)CC1. The molecule has 1 aromatic carbocycles. The van der Waals surface area contributed by atoms with Crippen molar-refractivity contribution in [2.75, 3.05) is 13.2 Å². The Balaban J connectivity index is 1.67. The number of aromatic nitrogens is 2. The van der Waals surface area contributed by atoms with Gasteiger partial charge in [0.2, 0.25) is 0 Å². The predicted octanol–water partition coefficient (Wildman–Crippen LogP) is 8.35. The number of ether oxygens (including phenoxy) is 1. The zero-order valence-corrected chi connectivity index (χ0v) is 27.5. The third-order valence-electron chi connectivity index (χ3n) is 9.40. The lowest BCUT2D eigenvalue weighted by Gasteiger charge is -2.41. The highest BCUT2D eigenvalue weighted by atomic mass is 35.5. The number of aliphatic hydroxyl groups is 1. The molecule has 1 atom stereocenters. The molecule has 2 saturated carbocycles. The summed E-state index contributed by atoms with van der Waals surface area (Å²) in [6.45, 7) is 9.48. The summed E-state index contributed by atoms with van der Waals surface area (Å²) in [6.07, 6.45) is -1.28. The van der Waals surface area contributed by atoms with Gasteiger partial charge in [0.25, 0.3) is 5.91 Å². The largest absolute Gasteiger partial charge is 0.466 e. The van der Waals surface area contributed by atoms with Gasteiger partial charge in [-0.05, 0) is 95.2 Å². The second-order valence-corrected chi connectivity index (χ2v) is 14.2. The summed E-state index contributed by atoms with van der Waals surface area (Å²) in [5, 5.41) is 15.8. The minimum atomic E-state index is -4.87.